The Morgan fingerprint density at radius 2 is 1.11 bits per heavy atom. The number of rotatable bonds is 0. The maximum absolute atomic E-state index is 2.39. The van der Waals surface area contributed by atoms with Crippen molar-refractivity contribution in [3.8, 4) is 11.1 Å². The van der Waals surface area contributed by atoms with Crippen molar-refractivity contribution in [2.75, 3.05) is 0 Å². The highest BCUT2D eigenvalue weighted by Crippen LogP contribution is 2.56. The first-order chi connectivity index (χ1) is 8.46. The first-order valence-corrected chi connectivity index (χ1v) is 6.65. The van der Waals surface area contributed by atoms with Gasteiger partial charge in [-0.2, -0.15) is 0 Å². The summed E-state index contributed by atoms with van der Waals surface area (Å²) >= 11 is 0. The summed E-state index contributed by atoms with van der Waals surface area (Å²) in [5.41, 5.74) is 6.06. The molecule has 0 unspecified atom stereocenters. The summed E-state index contributed by atoms with van der Waals surface area (Å²) in [5.74, 6) is 0. The van der Waals surface area contributed by atoms with Crippen LogP contribution in [0.5, 0.6) is 0 Å². The molecule has 2 aromatic carbocycles. The molecule has 92 valence electrons. The van der Waals surface area contributed by atoms with Crippen LogP contribution in [0.25, 0.3) is 11.1 Å². The van der Waals surface area contributed by atoms with Crippen molar-refractivity contribution < 1.29 is 0 Å². The van der Waals surface area contributed by atoms with E-state index in [9.17, 15) is 0 Å². The van der Waals surface area contributed by atoms with E-state index in [0.717, 1.165) is 0 Å². The zero-order valence-electron chi connectivity index (χ0n) is 11.6. The molecule has 0 aliphatic heterocycles. The molecule has 1 aliphatic carbocycles. The summed E-state index contributed by atoms with van der Waals surface area (Å²) in [6.45, 7) is 9.40. The van der Waals surface area contributed by atoms with E-state index in [0.29, 0.717) is 0 Å². The van der Waals surface area contributed by atoms with E-state index in [1.165, 1.54) is 22.3 Å². The van der Waals surface area contributed by atoms with Crippen molar-refractivity contribution in [2.24, 2.45) is 5.41 Å². The molecule has 0 fully saturated rings. The second kappa shape index (κ2) is 3.47. The number of benzene rings is 2. The third kappa shape index (κ3) is 1.26. The summed E-state index contributed by atoms with van der Waals surface area (Å²) in [7, 11) is 0. The van der Waals surface area contributed by atoms with E-state index in [-0.39, 0.29) is 10.8 Å². The molecule has 0 N–H and O–H groups in total. The molecular formula is C18H20. The molecule has 0 radical (unpaired) electrons. The Morgan fingerprint density at radius 3 is 1.50 bits per heavy atom. The lowest BCUT2D eigenvalue weighted by Crippen LogP contribution is -2.36. The molecule has 0 saturated heterocycles. The van der Waals surface area contributed by atoms with Crippen molar-refractivity contribution in [3.63, 3.8) is 0 Å². The third-order valence-electron chi connectivity index (χ3n) is 4.72. The second-order valence-electron chi connectivity index (χ2n) is 6.47. The highest BCUT2D eigenvalue weighted by Gasteiger charge is 2.46. The Morgan fingerprint density at radius 1 is 0.722 bits per heavy atom. The average molecular weight is 236 g/mol. The van der Waals surface area contributed by atoms with Crippen LogP contribution in [0.1, 0.15) is 38.8 Å². The van der Waals surface area contributed by atoms with Crippen LogP contribution in [0, 0.1) is 5.41 Å². The van der Waals surface area contributed by atoms with Crippen molar-refractivity contribution in [1.82, 2.24) is 0 Å². The first kappa shape index (κ1) is 11.5. The average Bonchev–Trinajstić information content (AvgIpc) is 2.62. The summed E-state index contributed by atoms with van der Waals surface area (Å²) in [5, 5.41) is 0. The lowest BCUT2D eigenvalue weighted by Gasteiger charge is -2.40. The summed E-state index contributed by atoms with van der Waals surface area (Å²) in [6, 6.07) is 17.7. The van der Waals surface area contributed by atoms with Crippen molar-refractivity contribution in [2.45, 2.75) is 33.1 Å². The fraction of sp³-hybridized carbons (Fsp3) is 0.333. The van der Waals surface area contributed by atoms with Gasteiger partial charge in [-0.3, -0.25) is 0 Å². The Bertz CT molecular complexity index is 554. The van der Waals surface area contributed by atoms with Crippen LogP contribution in [0.4, 0.5) is 0 Å². The molecule has 0 saturated carbocycles. The van der Waals surface area contributed by atoms with Gasteiger partial charge in [0.2, 0.25) is 0 Å². The maximum Gasteiger partial charge on any atom is 0.0235 e. The molecule has 0 heteroatoms. The fourth-order valence-corrected chi connectivity index (χ4v) is 3.26. The number of hydrogen-bond acceptors (Lipinski definition) is 0. The van der Waals surface area contributed by atoms with E-state index in [4.69, 9.17) is 0 Å². The van der Waals surface area contributed by atoms with Crippen LogP contribution in [0.15, 0.2) is 48.5 Å². The summed E-state index contributed by atoms with van der Waals surface area (Å²) in [6.07, 6.45) is 0. The van der Waals surface area contributed by atoms with Gasteiger partial charge in [0.15, 0.2) is 0 Å². The maximum atomic E-state index is 2.39. The smallest absolute Gasteiger partial charge is 0.0235 e. The van der Waals surface area contributed by atoms with Gasteiger partial charge in [-0.15, -0.1) is 0 Å². The zero-order chi connectivity index (χ0) is 13.0. The molecule has 0 nitrogen and oxygen atoms in total. The van der Waals surface area contributed by atoms with E-state index < -0.39 is 0 Å². The molecular weight excluding hydrogens is 216 g/mol. The van der Waals surface area contributed by atoms with Gasteiger partial charge >= 0.3 is 0 Å². The van der Waals surface area contributed by atoms with Crippen LogP contribution in [0.3, 0.4) is 0 Å². The summed E-state index contributed by atoms with van der Waals surface area (Å²) < 4.78 is 0. The predicted octanol–water partition coefficient (Wildman–Crippen LogP) is 5.02. The van der Waals surface area contributed by atoms with Crippen LogP contribution in [-0.4, -0.2) is 0 Å². The monoisotopic (exact) mass is 236 g/mol. The van der Waals surface area contributed by atoms with Gasteiger partial charge in [-0.1, -0.05) is 76.2 Å². The quantitative estimate of drug-likeness (QED) is 0.602. The topological polar surface area (TPSA) is 0 Å². The van der Waals surface area contributed by atoms with Crippen molar-refractivity contribution >= 4 is 0 Å². The minimum Gasteiger partial charge on any atom is -0.0619 e. The standard InChI is InChI=1S/C18H20/c1-17(2,3)18(4)15-11-7-5-9-13(15)14-10-6-8-12-16(14)18/h5-12H,1-4H3. The Hall–Kier alpha value is -1.56. The normalized spacial score (nSPS) is 16.2. The minimum atomic E-state index is 0.0974. The molecule has 3 rings (SSSR count). The molecule has 0 atom stereocenters. The molecule has 2 aromatic rings. The van der Waals surface area contributed by atoms with Gasteiger partial charge < -0.3 is 0 Å². The van der Waals surface area contributed by atoms with E-state index in [1.54, 1.807) is 0 Å². The lowest BCUT2D eigenvalue weighted by atomic mass is 9.62. The van der Waals surface area contributed by atoms with Gasteiger partial charge in [-0.25, -0.2) is 0 Å². The lowest BCUT2D eigenvalue weighted by molar-refractivity contribution is 0.255. The molecule has 0 bridgehead atoms. The van der Waals surface area contributed by atoms with Crippen molar-refractivity contribution in [3.05, 3.63) is 59.7 Å². The second-order valence-corrected chi connectivity index (χ2v) is 6.47. The number of hydrogen-bond donors (Lipinski definition) is 0. The van der Waals surface area contributed by atoms with E-state index >= 15 is 0 Å². The molecule has 18 heavy (non-hydrogen) atoms. The van der Waals surface area contributed by atoms with Crippen LogP contribution >= 0.6 is 0 Å². The Kier molecular flexibility index (Phi) is 2.22. The van der Waals surface area contributed by atoms with Gasteiger partial charge in [0.1, 0.15) is 0 Å². The third-order valence-corrected chi connectivity index (χ3v) is 4.72. The Labute approximate surface area is 110 Å². The van der Waals surface area contributed by atoms with Crippen LogP contribution in [0.2, 0.25) is 0 Å². The Balaban J connectivity index is 2.41. The van der Waals surface area contributed by atoms with Crippen LogP contribution < -0.4 is 0 Å². The first-order valence-electron chi connectivity index (χ1n) is 6.65. The molecule has 1 aliphatic rings. The van der Waals surface area contributed by atoms with Gasteiger partial charge in [0.05, 0.1) is 0 Å². The van der Waals surface area contributed by atoms with Gasteiger partial charge in [0.25, 0.3) is 0 Å². The highest BCUT2D eigenvalue weighted by atomic mass is 14.5. The van der Waals surface area contributed by atoms with E-state index in [1.807, 2.05) is 0 Å². The largest absolute Gasteiger partial charge is 0.0619 e. The highest BCUT2D eigenvalue weighted by molar-refractivity contribution is 5.81. The van der Waals surface area contributed by atoms with Crippen molar-refractivity contribution in [1.29, 1.82) is 0 Å². The molecule has 0 spiro atoms. The van der Waals surface area contributed by atoms with E-state index in [2.05, 4.69) is 76.2 Å². The minimum absolute atomic E-state index is 0.0974. The number of fused-ring (bicyclic) bond motifs is 3. The fourth-order valence-electron chi connectivity index (χ4n) is 3.26. The van der Waals surface area contributed by atoms with Gasteiger partial charge in [0, 0.05) is 5.41 Å². The summed E-state index contributed by atoms with van der Waals surface area (Å²) in [4.78, 5) is 0. The molecule has 0 aromatic heterocycles. The SMILES string of the molecule is CC(C)(C)C1(C)c2ccccc2-c2ccccc21. The molecule has 0 amide bonds. The molecule has 0 heterocycles. The van der Waals surface area contributed by atoms with Crippen LogP contribution in [-0.2, 0) is 5.41 Å². The predicted molar refractivity (Wildman–Crippen MR) is 77.8 cm³/mol. The van der Waals surface area contributed by atoms with Gasteiger partial charge in [-0.05, 0) is 27.7 Å². The zero-order valence-corrected chi connectivity index (χ0v) is 11.6.